The van der Waals surface area contributed by atoms with Crippen molar-refractivity contribution < 1.29 is 9.59 Å². The summed E-state index contributed by atoms with van der Waals surface area (Å²) >= 11 is 0. The number of amides is 2. The van der Waals surface area contributed by atoms with Gasteiger partial charge in [0.15, 0.2) is 0 Å². The number of hydrogen-bond donors (Lipinski definition) is 2. The van der Waals surface area contributed by atoms with Crippen molar-refractivity contribution >= 4 is 11.8 Å². The highest BCUT2D eigenvalue weighted by Crippen LogP contribution is 2.25. The first-order valence-electron chi connectivity index (χ1n) is 5.15. The second-order valence-electron chi connectivity index (χ2n) is 4.58. The van der Waals surface area contributed by atoms with Crippen molar-refractivity contribution in [3.63, 3.8) is 0 Å². The molecule has 1 fully saturated rings. The predicted octanol–water partition coefficient (Wildman–Crippen LogP) is -0.539. The zero-order valence-electron chi connectivity index (χ0n) is 9.54. The molecule has 3 N–H and O–H groups in total. The Balaban J connectivity index is 2.35. The summed E-state index contributed by atoms with van der Waals surface area (Å²) in [6.45, 7) is 3.49. The molecule has 0 unspecified atom stereocenters. The average molecular weight is 213 g/mol. The second kappa shape index (κ2) is 4.18. The highest BCUT2D eigenvalue weighted by molar-refractivity contribution is 5.85. The fourth-order valence-corrected chi connectivity index (χ4v) is 1.17. The van der Waals surface area contributed by atoms with Gasteiger partial charge in [-0.05, 0) is 26.7 Å². The van der Waals surface area contributed by atoms with Gasteiger partial charge in [0.1, 0.15) is 0 Å². The monoisotopic (exact) mass is 213 g/mol. The van der Waals surface area contributed by atoms with Crippen LogP contribution in [0.25, 0.3) is 0 Å². The van der Waals surface area contributed by atoms with Gasteiger partial charge in [0, 0.05) is 13.1 Å². The Kier molecular flexibility index (Phi) is 3.34. The van der Waals surface area contributed by atoms with Crippen LogP contribution in [0.1, 0.15) is 26.7 Å². The third-order valence-corrected chi connectivity index (χ3v) is 2.79. The molecule has 1 aliphatic carbocycles. The summed E-state index contributed by atoms with van der Waals surface area (Å²) in [6, 6.07) is 0.399. The lowest BCUT2D eigenvalue weighted by Crippen LogP contribution is -2.53. The number of nitrogens with one attached hydrogen (secondary N) is 1. The Morgan fingerprint density at radius 1 is 1.47 bits per heavy atom. The SMILES string of the molecule is CN(C(=O)CNC(C)(C)C(N)=O)C1CC1. The molecular weight excluding hydrogens is 194 g/mol. The van der Waals surface area contributed by atoms with Gasteiger partial charge in [0.25, 0.3) is 0 Å². The van der Waals surface area contributed by atoms with Gasteiger partial charge in [-0.2, -0.15) is 0 Å². The van der Waals surface area contributed by atoms with Gasteiger partial charge >= 0.3 is 0 Å². The van der Waals surface area contributed by atoms with Crippen LogP contribution in [-0.4, -0.2) is 41.9 Å². The van der Waals surface area contributed by atoms with E-state index in [-0.39, 0.29) is 12.5 Å². The van der Waals surface area contributed by atoms with Crippen LogP contribution in [0.3, 0.4) is 0 Å². The van der Waals surface area contributed by atoms with E-state index in [1.54, 1.807) is 25.8 Å². The van der Waals surface area contributed by atoms with Gasteiger partial charge in [0.2, 0.25) is 11.8 Å². The number of rotatable bonds is 5. The third-order valence-electron chi connectivity index (χ3n) is 2.79. The molecule has 0 spiro atoms. The molecule has 1 saturated carbocycles. The summed E-state index contributed by atoms with van der Waals surface area (Å²) in [6.07, 6.45) is 2.17. The van der Waals surface area contributed by atoms with E-state index in [0.717, 1.165) is 12.8 Å². The molecule has 0 aromatic heterocycles. The highest BCUT2D eigenvalue weighted by Gasteiger charge is 2.31. The predicted molar refractivity (Wildman–Crippen MR) is 57.1 cm³/mol. The van der Waals surface area contributed by atoms with Crippen molar-refractivity contribution in [1.82, 2.24) is 10.2 Å². The quantitative estimate of drug-likeness (QED) is 0.644. The van der Waals surface area contributed by atoms with E-state index in [1.165, 1.54) is 0 Å². The Morgan fingerprint density at radius 2 is 2.00 bits per heavy atom. The minimum absolute atomic E-state index is 0.00632. The van der Waals surface area contributed by atoms with Crippen LogP contribution in [0.15, 0.2) is 0 Å². The Hall–Kier alpha value is -1.10. The second-order valence-corrected chi connectivity index (χ2v) is 4.58. The Bertz CT molecular complexity index is 272. The van der Waals surface area contributed by atoms with Crippen LogP contribution in [0.4, 0.5) is 0 Å². The largest absolute Gasteiger partial charge is 0.368 e. The number of hydrogen-bond acceptors (Lipinski definition) is 3. The standard InChI is InChI=1S/C10H19N3O2/c1-10(2,9(11)15)12-6-8(14)13(3)7-4-5-7/h7,12H,4-6H2,1-3H3,(H2,11,15). The van der Waals surface area contributed by atoms with E-state index in [0.29, 0.717) is 6.04 Å². The molecule has 5 heteroatoms. The summed E-state index contributed by atoms with van der Waals surface area (Å²) in [4.78, 5) is 24.3. The molecule has 0 aromatic rings. The third kappa shape index (κ3) is 3.20. The summed E-state index contributed by atoms with van der Waals surface area (Å²) in [7, 11) is 1.79. The van der Waals surface area contributed by atoms with E-state index in [1.807, 2.05) is 0 Å². The first-order valence-corrected chi connectivity index (χ1v) is 5.15. The van der Waals surface area contributed by atoms with E-state index in [4.69, 9.17) is 5.73 Å². The molecule has 1 rings (SSSR count). The molecule has 86 valence electrons. The van der Waals surface area contributed by atoms with Crippen molar-refractivity contribution in [1.29, 1.82) is 0 Å². The lowest BCUT2D eigenvalue weighted by molar-refractivity contribution is -0.130. The van der Waals surface area contributed by atoms with Gasteiger partial charge in [-0.25, -0.2) is 0 Å². The number of primary amides is 1. The summed E-state index contributed by atoms with van der Waals surface area (Å²) in [5, 5.41) is 2.86. The molecule has 0 heterocycles. The van der Waals surface area contributed by atoms with Crippen LogP contribution in [-0.2, 0) is 9.59 Å². The molecule has 1 aliphatic rings. The summed E-state index contributed by atoms with van der Waals surface area (Å²) in [5.41, 5.74) is 4.35. The van der Waals surface area contributed by atoms with Crippen molar-refractivity contribution in [3.8, 4) is 0 Å². The number of carbonyl (C=O) groups excluding carboxylic acids is 2. The van der Waals surface area contributed by atoms with Crippen molar-refractivity contribution in [3.05, 3.63) is 0 Å². The fourth-order valence-electron chi connectivity index (χ4n) is 1.17. The maximum atomic E-state index is 11.6. The molecule has 0 saturated heterocycles. The lowest BCUT2D eigenvalue weighted by atomic mass is 10.1. The first-order chi connectivity index (χ1) is 6.84. The Labute approximate surface area is 90.0 Å². The van der Waals surface area contributed by atoms with Crippen molar-refractivity contribution in [2.24, 2.45) is 5.73 Å². The normalized spacial score (nSPS) is 16.2. The minimum Gasteiger partial charge on any atom is -0.368 e. The molecule has 15 heavy (non-hydrogen) atoms. The minimum atomic E-state index is -0.833. The first kappa shape index (κ1) is 12.0. The van der Waals surface area contributed by atoms with Crippen LogP contribution in [0.2, 0.25) is 0 Å². The van der Waals surface area contributed by atoms with Crippen molar-refractivity contribution in [2.75, 3.05) is 13.6 Å². The molecular formula is C10H19N3O2. The van der Waals surface area contributed by atoms with E-state index < -0.39 is 11.4 Å². The molecule has 0 atom stereocenters. The average Bonchev–Trinajstić information content (AvgIpc) is 2.96. The molecule has 5 nitrogen and oxygen atoms in total. The molecule has 0 aromatic carbocycles. The maximum absolute atomic E-state index is 11.6. The summed E-state index contributed by atoms with van der Waals surface area (Å²) in [5.74, 6) is -0.448. The van der Waals surface area contributed by atoms with Crippen molar-refractivity contribution in [2.45, 2.75) is 38.3 Å². The topological polar surface area (TPSA) is 75.4 Å². The smallest absolute Gasteiger partial charge is 0.237 e. The van der Waals surface area contributed by atoms with Crippen LogP contribution in [0.5, 0.6) is 0 Å². The zero-order chi connectivity index (χ0) is 11.6. The molecule has 0 radical (unpaired) electrons. The highest BCUT2D eigenvalue weighted by atomic mass is 16.2. The fraction of sp³-hybridized carbons (Fsp3) is 0.800. The number of nitrogens with two attached hydrogens (primary N) is 1. The number of likely N-dealkylation sites (N-methyl/N-ethyl adjacent to an activating group) is 1. The van der Waals surface area contributed by atoms with E-state index >= 15 is 0 Å². The van der Waals surface area contributed by atoms with Crippen LogP contribution in [0, 0.1) is 0 Å². The molecule has 0 aliphatic heterocycles. The van der Waals surface area contributed by atoms with Gasteiger partial charge < -0.3 is 10.6 Å². The zero-order valence-corrected chi connectivity index (χ0v) is 9.54. The van der Waals surface area contributed by atoms with Gasteiger partial charge in [-0.15, -0.1) is 0 Å². The van der Waals surface area contributed by atoms with E-state index in [9.17, 15) is 9.59 Å². The van der Waals surface area contributed by atoms with Crippen LogP contribution >= 0.6 is 0 Å². The van der Waals surface area contributed by atoms with Gasteiger partial charge in [0.05, 0.1) is 12.1 Å². The van der Waals surface area contributed by atoms with E-state index in [2.05, 4.69) is 5.32 Å². The maximum Gasteiger partial charge on any atom is 0.237 e. The Morgan fingerprint density at radius 3 is 2.40 bits per heavy atom. The number of carbonyl (C=O) groups is 2. The van der Waals surface area contributed by atoms with Crippen LogP contribution < -0.4 is 11.1 Å². The lowest BCUT2D eigenvalue weighted by Gasteiger charge is -2.24. The number of nitrogens with zero attached hydrogens (tertiary/aromatic N) is 1. The van der Waals surface area contributed by atoms with Gasteiger partial charge in [-0.3, -0.25) is 14.9 Å². The molecule has 0 bridgehead atoms. The van der Waals surface area contributed by atoms with Gasteiger partial charge in [-0.1, -0.05) is 0 Å². The molecule has 2 amide bonds. The summed E-state index contributed by atoms with van der Waals surface area (Å²) < 4.78 is 0.